The lowest BCUT2D eigenvalue weighted by Crippen LogP contribution is -2.47. The van der Waals surface area contributed by atoms with Crippen LogP contribution in [0.3, 0.4) is 0 Å². The molecule has 1 aliphatic heterocycles. The lowest BCUT2D eigenvalue weighted by atomic mass is 10.2. The minimum absolute atomic E-state index is 0.204. The number of aromatic nitrogens is 3. The quantitative estimate of drug-likeness (QED) is 0.552. The molecule has 1 fully saturated rings. The fourth-order valence-corrected chi connectivity index (χ4v) is 4.09. The van der Waals surface area contributed by atoms with E-state index in [2.05, 4.69) is 37.3 Å². The molecule has 1 saturated heterocycles. The molecular formula is C21H22ClN7O2S. The topological polar surface area (TPSA) is 94.6 Å². The van der Waals surface area contributed by atoms with Crippen molar-refractivity contribution in [2.45, 2.75) is 0 Å². The number of nitrogens with one attached hydrogen (secondary N) is 1. The van der Waals surface area contributed by atoms with E-state index in [1.54, 1.807) is 36.7 Å². The number of pyridine rings is 1. The van der Waals surface area contributed by atoms with Gasteiger partial charge in [-0.05, 0) is 43.4 Å². The Morgan fingerprint density at radius 1 is 1.12 bits per heavy atom. The molecule has 0 spiro atoms. The van der Waals surface area contributed by atoms with E-state index in [9.17, 15) is 9.59 Å². The molecule has 0 aliphatic carbocycles. The number of halogens is 1. The van der Waals surface area contributed by atoms with Crippen LogP contribution in [0.15, 0.2) is 48.8 Å². The van der Waals surface area contributed by atoms with E-state index in [-0.39, 0.29) is 18.4 Å². The third kappa shape index (κ3) is 5.46. The number of anilines is 2. The molecule has 9 nitrogen and oxygen atoms in total. The summed E-state index contributed by atoms with van der Waals surface area (Å²) in [6.07, 6.45) is 3.37. The van der Waals surface area contributed by atoms with Crippen LogP contribution in [0.2, 0.25) is 0 Å². The lowest BCUT2D eigenvalue weighted by Gasteiger charge is -2.32. The molecule has 0 saturated carbocycles. The molecule has 3 heterocycles. The number of amides is 2. The Morgan fingerprint density at radius 3 is 2.56 bits per heavy atom. The summed E-state index contributed by atoms with van der Waals surface area (Å²) in [6.45, 7) is 3.78. The summed E-state index contributed by atoms with van der Waals surface area (Å²) < 4.78 is 1.10. The lowest BCUT2D eigenvalue weighted by molar-refractivity contribution is -0.119. The summed E-state index contributed by atoms with van der Waals surface area (Å²) in [5.41, 5.74) is 1.76. The normalized spacial score (nSPS) is 14.8. The molecule has 32 heavy (non-hydrogen) atoms. The number of rotatable bonds is 6. The van der Waals surface area contributed by atoms with Crippen LogP contribution < -0.4 is 9.74 Å². The first-order chi connectivity index (χ1) is 15.5. The third-order valence-corrected chi connectivity index (χ3v) is 6.36. The van der Waals surface area contributed by atoms with Gasteiger partial charge in [-0.3, -0.25) is 24.8 Å². The molecule has 3 aromatic rings. The molecule has 1 aliphatic rings. The minimum Gasteiger partial charge on any atom is -0.304 e. The Kier molecular flexibility index (Phi) is 7.05. The van der Waals surface area contributed by atoms with Crippen LogP contribution in [0.5, 0.6) is 0 Å². The van der Waals surface area contributed by atoms with E-state index in [4.69, 9.17) is 11.8 Å². The van der Waals surface area contributed by atoms with Crippen molar-refractivity contribution in [1.82, 2.24) is 25.0 Å². The van der Waals surface area contributed by atoms with Crippen molar-refractivity contribution in [3.05, 3.63) is 54.4 Å². The van der Waals surface area contributed by atoms with Crippen molar-refractivity contribution in [2.24, 2.45) is 0 Å². The van der Waals surface area contributed by atoms with Gasteiger partial charge in [0.05, 0.1) is 12.2 Å². The molecule has 1 N–H and O–H groups in total. The Bertz CT molecular complexity index is 1070. The smallest absolute Gasteiger partial charge is 0.257 e. The standard InChI is InChI=1S/C21H22ClN7O2S/c1-27-9-11-28(12-10-27)14-18(30)29(22)17-6-4-15(5-7-17)19(31)24-21-26-25-20(32-21)16-3-2-8-23-13-16/h2-8,13H,9-12,14H2,1H3,(H,24,26,31). The monoisotopic (exact) mass is 471 g/mol. The van der Waals surface area contributed by atoms with E-state index in [1.807, 2.05) is 12.1 Å². The van der Waals surface area contributed by atoms with E-state index in [0.717, 1.165) is 36.2 Å². The van der Waals surface area contributed by atoms with Gasteiger partial charge in [0.2, 0.25) is 5.13 Å². The van der Waals surface area contributed by atoms with Gasteiger partial charge in [-0.2, -0.15) is 0 Å². The Hall–Kier alpha value is -2.92. The van der Waals surface area contributed by atoms with Crippen molar-refractivity contribution in [1.29, 1.82) is 0 Å². The molecule has 4 rings (SSSR count). The first kappa shape index (κ1) is 22.3. The number of benzene rings is 1. The minimum atomic E-state index is -0.324. The molecule has 11 heteroatoms. The summed E-state index contributed by atoms with van der Waals surface area (Å²) in [5.74, 6) is -0.527. The van der Waals surface area contributed by atoms with Gasteiger partial charge in [0.15, 0.2) is 5.01 Å². The Balaban J connectivity index is 1.34. The van der Waals surface area contributed by atoms with Gasteiger partial charge in [0, 0.05) is 61.5 Å². The predicted octanol–water partition coefficient (Wildman–Crippen LogP) is 2.59. The van der Waals surface area contributed by atoms with Crippen LogP contribution in [0.1, 0.15) is 10.4 Å². The van der Waals surface area contributed by atoms with Crippen molar-refractivity contribution in [3.8, 4) is 10.6 Å². The molecule has 1 aromatic carbocycles. The first-order valence-electron chi connectivity index (χ1n) is 10.0. The van der Waals surface area contributed by atoms with Crippen LogP contribution in [0.25, 0.3) is 10.6 Å². The average Bonchev–Trinajstić information content (AvgIpc) is 3.29. The second-order valence-electron chi connectivity index (χ2n) is 7.41. The van der Waals surface area contributed by atoms with Crippen LogP contribution in [0, 0.1) is 0 Å². The maximum absolute atomic E-state index is 12.6. The summed E-state index contributed by atoms with van der Waals surface area (Å²) in [4.78, 5) is 33.4. The van der Waals surface area contributed by atoms with Gasteiger partial charge in [-0.25, -0.2) is 4.42 Å². The van der Waals surface area contributed by atoms with Crippen molar-refractivity contribution in [2.75, 3.05) is 49.5 Å². The van der Waals surface area contributed by atoms with Crippen LogP contribution in [-0.2, 0) is 4.79 Å². The van der Waals surface area contributed by atoms with Gasteiger partial charge < -0.3 is 4.90 Å². The summed E-state index contributed by atoms with van der Waals surface area (Å²) in [6, 6.07) is 10.2. The van der Waals surface area contributed by atoms with E-state index >= 15 is 0 Å². The number of piperazine rings is 1. The van der Waals surface area contributed by atoms with Crippen LogP contribution in [0.4, 0.5) is 10.8 Å². The highest BCUT2D eigenvalue weighted by atomic mass is 35.5. The molecule has 0 unspecified atom stereocenters. The SMILES string of the molecule is CN1CCN(CC(=O)N(Cl)c2ccc(C(=O)Nc3nnc(-c4cccnc4)s3)cc2)CC1. The van der Waals surface area contributed by atoms with E-state index in [0.29, 0.717) is 21.4 Å². The van der Waals surface area contributed by atoms with Gasteiger partial charge >= 0.3 is 0 Å². The predicted molar refractivity (Wildman–Crippen MR) is 125 cm³/mol. The molecule has 166 valence electrons. The fraction of sp³-hybridized carbons (Fsp3) is 0.286. The second kappa shape index (κ2) is 10.1. The largest absolute Gasteiger partial charge is 0.304 e. The van der Waals surface area contributed by atoms with Crippen molar-refractivity contribution in [3.63, 3.8) is 0 Å². The van der Waals surface area contributed by atoms with Gasteiger partial charge in [0.25, 0.3) is 11.8 Å². The number of likely N-dealkylation sites (N-methyl/N-ethyl adjacent to an activating group) is 1. The zero-order valence-corrected chi connectivity index (χ0v) is 19.0. The van der Waals surface area contributed by atoms with Crippen molar-refractivity contribution < 1.29 is 9.59 Å². The fourth-order valence-electron chi connectivity index (χ4n) is 3.20. The van der Waals surface area contributed by atoms with Crippen LogP contribution in [-0.4, -0.2) is 76.6 Å². The van der Waals surface area contributed by atoms with E-state index < -0.39 is 0 Å². The van der Waals surface area contributed by atoms with Gasteiger partial charge in [0.1, 0.15) is 0 Å². The number of hydrogen-bond donors (Lipinski definition) is 1. The summed E-state index contributed by atoms with van der Waals surface area (Å²) in [5, 5.41) is 11.9. The zero-order valence-electron chi connectivity index (χ0n) is 17.4. The average molecular weight is 472 g/mol. The molecular weight excluding hydrogens is 450 g/mol. The zero-order chi connectivity index (χ0) is 22.5. The van der Waals surface area contributed by atoms with Gasteiger partial charge in [-0.1, -0.05) is 11.3 Å². The second-order valence-corrected chi connectivity index (χ2v) is 8.72. The van der Waals surface area contributed by atoms with E-state index in [1.165, 1.54) is 11.3 Å². The van der Waals surface area contributed by atoms with Gasteiger partial charge in [-0.15, -0.1) is 10.2 Å². The number of carbonyl (C=O) groups excluding carboxylic acids is 2. The highest BCUT2D eigenvalue weighted by Crippen LogP contribution is 2.26. The molecule has 2 aromatic heterocycles. The Morgan fingerprint density at radius 2 is 1.88 bits per heavy atom. The highest BCUT2D eigenvalue weighted by molar-refractivity contribution is 7.18. The molecule has 0 atom stereocenters. The highest BCUT2D eigenvalue weighted by Gasteiger charge is 2.21. The number of carbonyl (C=O) groups is 2. The first-order valence-corrected chi connectivity index (χ1v) is 11.2. The Labute approximate surface area is 194 Å². The summed E-state index contributed by atoms with van der Waals surface area (Å²) >= 11 is 7.51. The number of nitrogens with zero attached hydrogens (tertiary/aromatic N) is 6. The number of hydrogen-bond acceptors (Lipinski definition) is 8. The van der Waals surface area contributed by atoms with Crippen LogP contribution >= 0.6 is 23.1 Å². The molecule has 0 bridgehead atoms. The molecule has 0 radical (unpaired) electrons. The van der Waals surface area contributed by atoms with Crippen molar-refractivity contribution >= 4 is 45.7 Å². The third-order valence-electron chi connectivity index (χ3n) is 5.08. The maximum Gasteiger partial charge on any atom is 0.257 e. The summed E-state index contributed by atoms with van der Waals surface area (Å²) in [7, 11) is 2.06. The maximum atomic E-state index is 12.6. The molecule has 2 amide bonds.